The Morgan fingerprint density at radius 1 is 0.941 bits per heavy atom. The van der Waals surface area contributed by atoms with Gasteiger partial charge in [-0.2, -0.15) is 0 Å². The Hall–Kier alpha value is -2.82. The summed E-state index contributed by atoms with van der Waals surface area (Å²) in [6.07, 6.45) is 3.72. The van der Waals surface area contributed by atoms with Gasteiger partial charge >= 0.3 is 0 Å². The van der Waals surface area contributed by atoms with Gasteiger partial charge in [-0.15, -0.1) is 0 Å². The number of unbranched alkanes of at least 4 members (excludes halogenated alkanes) is 1. The van der Waals surface area contributed by atoms with Gasteiger partial charge in [-0.25, -0.2) is 4.98 Å². The Morgan fingerprint density at radius 3 is 2.32 bits per heavy atom. The summed E-state index contributed by atoms with van der Waals surface area (Å²) >= 11 is 0. The van der Waals surface area contributed by atoms with E-state index in [0.29, 0.717) is 13.2 Å². The lowest BCUT2D eigenvalue weighted by Crippen LogP contribution is -2.35. The third kappa shape index (κ3) is 7.09. The van der Waals surface area contributed by atoms with Crippen molar-refractivity contribution in [2.45, 2.75) is 79.2 Å². The molecule has 0 spiro atoms. The van der Waals surface area contributed by atoms with Crippen molar-refractivity contribution in [3.8, 4) is 5.75 Å². The van der Waals surface area contributed by atoms with Gasteiger partial charge in [0.15, 0.2) is 0 Å². The van der Waals surface area contributed by atoms with Crippen LogP contribution < -0.4 is 10.1 Å². The molecule has 0 saturated carbocycles. The summed E-state index contributed by atoms with van der Waals surface area (Å²) in [6, 6.07) is 16.8. The number of rotatable bonds is 10. The first-order chi connectivity index (χ1) is 16.1. The van der Waals surface area contributed by atoms with Gasteiger partial charge in [0.2, 0.25) is 5.91 Å². The highest BCUT2D eigenvalue weighted by molar-refractivity contribution is 5.81. The zero-order valence-electron chi connectivity index (χ0n) is 21.8. The second-order valence-electron chi connectivity index (χ2n) is 11.1. The molecule has 1 aromatic heterocycles. The molecule has 1 amide bonds. The zero-order valence-corrected chi connectivity index (χ0v) is 21.8. The van der Waals surface area contributed by atoms with Gasteiger partial charge in [-0.05, 0) is 54.5 Å². The van der Waals surface area contributed by atoms with Crippen molar-refractivity contribution in [2.24, 2.45) is 5.41 Å². The second-order valence-corrected chi connectivity index (χ2v) is 11.1. The molecule has 184 valence electrons. The molecule has 34 heavy (non-hydrogen) atoms. The molecule has 0 atom stereocenters. The van der Waals surface area contributed by atoms with E-state index in [1.54, 1.807) is 0 Å². The number of nitrogens with one attached hydrogen (secondary N) is 1. The first kappa shape index (κ1) is 25.8. The quantitative estimate of drug-likeness (QED) is 0.360. The van der Waals surface area contributed by atoms with Crippen LogP contribution in [0.5, 0.6) is 5.75 Å². The van der Waals surface area contributed by atoms with E-state index in [2.05, 4.69) is 73.1 Å². The molecular weight excluding hydrogens is 422 g/mol. The first-order valence-corrected chi connectivity index (χ1v) is 12.5. The summed E-state index contributed by atoms with van der Waals surface area (Å²) in [5.74, 6) is 2.11. The van der Waals surface area contributed by atoms with E-state index >= 15 is 0 Å². The molecule has 1 N–H and O–H groups in total. The van der Waals surface area contributed by atoms with Crippen LogP contribution >= 0.6 is 0 Å². The van der Waals surface area contributed by atoms with E-state index in [-0.39, 0.29) is 16.7 Å². The minimum atomic E-state index is -0.357. The molecule has 0 aliphatic carbocycles. The summed E-state index contributed by atoms with van der Waals surface area (Å²) < 4.78 is 8.31. The molecule has 0 aliphatic rings. The number of ether oxygens (including phenoxy) is 1. The van der Waals surface area contributed by atoms with E-state index < -0.39 is 0 Å². The van der Waals surface area contributed by atoms with Crippen molar-refractivity contribution in [3.05, 3.63) is 59.9 Å². The van der Waals surface area contributed by atoms with Crippen molar-refractivity contribution in [2.75, 3.05) is 13.2 Å². The molecule has 0 saturated heterocycles. The molecule has 0 fully saturated rings. The van der Waals surface area contributed by atoms with E-state index in [4.69, 9.17) is 9.72 Å². The smallest absolute Gasteiger partial charge is 0.225 e. The fraction of sp³-hybridized carbons (Fsp3) is 0.517. The summed E-state index contributed by atoms with van der Waals surface area (Å²) in [6.45, 7) is 14.8. The number of carbonyl (C=O) groups excluding carboxylic acids is 1. The van der Waals surface area contributed by atoms with Crippen LogP contribution in [0.4, 0.5) is 0 Å². The number of hydrogen-bond acceptors (Lipinski definition) is 3. The summed E-state index contributed by atoms with van der Waals surface area (Å²) in [5, 5.41) is 3.04. The van der Waals surface area contributed by atoms with E-state index in [1.165, 1.54) is 11.1 Å². The van der Waals surface area contributed by atoms with Crippen molar-refractivity contribution >= 4 is 16.9 Å². The monoisotopic (exact) mass is 463 g/mol. The fourth-order valence-corrected chi connectivity index (χ4v) is 3.89. The Balaban J connectivity index is 1.51. The molecule has 1 heterocycles. The third-order valence-corrected chi connectivity index (χ3v) is 6.04. The van der Waals surface area contributed by atoms with Crippen molar-refractivity contribution in [1.82, 2.24) is 14.9 Å². The maximum Gasteiger partial charge on any atom is 0.225 e. The molecule has 0 radical (unpaired) electrons. The van der Waals surface area contributed by atoms with Crippen LogP contribution in [0.15, 0.2) is 48.5 Å². The Morgan fingerprint density at radius 2 is 1.65 bits per heavy atom. The van der Waals surface area contributed by atoms with Crippen LogP contribution in [0, 0.1) is 5.41 Å². The normalized spacial score (nSPS) is 12.2. The number of fused-ring (bicyclic) bond motifs is 1. The summed E-state index contributed by atoms with van der Waals surface area (Å²) in [5.41, 5.74) is 3.32. The van der Waals surface area contributed by atoms with Gasteiger partial charge in [-0.1, -0.05) is 65.8 Å². The molecule has 0 unspecified atom stereocenters. The average Bonchev–Trinajstić information content (AvgIpc) is 3.13. The minimum Gasteiger partial charge on any atom is -0.494 e. The van der Waals surface area contributed by atoms with Gasteiger partial charge in [0.25, 0.3) is 0 Å². The standard InChI is InChI=1S/C29H41N3O2/c1-28(2,3)22-15-17-23(18-16-22)34-21-10-9-20-32-25-13-8-7-12-24(25)31-26(32)14-11-19-30-27(33)29(4,5)6/h7-8,12-13,15-18H,9-11,14,19-21H2,1-6H3,(H,30,33). The number of hydrogen-bond donors (Lipinski definition) is 1. The highest BCUT2D eigenvalue weighted by Gasteiger charge is 2.20. The molecule has 5 heteroatoms. The summed E-state index contributed by atoms with van der Waals surface area (Å²) in [7, 11) is 0. The molecule has 0 aliphatic heterocycles. The van der Waals surface area contributed by atoms with Gasteiger partial charge in [0.1, 0.15) is 11.6 Å². The zero-order chi connectivity index (χ0) is 24.8. The third-order valence-electron chi connectivity index (χ3n) is 6.04. The number of imidazole rings is 1. The van der Waals surface area contributed by atoms with E-state index in [9.17, 15) is 4.79 Å². The maximum atomic E-state index is 12.1. The number of amides is 1. The Kier molecular flexibility index (Phi) is 8.40. The number of aryl methyl sites for hydroxylation is 2. The number of nitrogens with zero attached hydrogens (tertiary/aromatic N) is 2. The molecule has 2 aromatic carbocycles. The van der Waals surface area contributed by atoms with Crippen LogP contribution in [0.3, 0.4) is 0 Å². The van der Waals surface area contributed by atoms with Gasteiger partial charge in [0.05, 0.1) is 17.6 Å². The van der Waals surface area contributed by atoms with Gasteiger partial charge in [-0.3, -0.25) is 4.79 Å². The van der Waals surface area contributed by atoms with Crippen LogP contribution in [0.1, 0.15) is 72.2 Å². The van der Waals surface area contributed by atoms with Crippen molar-refractivity contribution in [3.63, 3.8) is 0 Å². The van der Waals surface area contributed by atoms with Crippen LogP contribution in [0.25, 0.3) is 11.0 Å². The Labute approximate surface area is 204 Å². The topological polar surface area (TPSA) is 56.2 Å². The van der Waals surface area contributed by atoms with Crippen LogP contribution in [0.2, 0.25) is 0 Å². The predicted molar refractivity (Wildman–Crippen MR) is 140 cm³/mol. The predicted octanol–water partition coefficient (Wildman–Crippen LogP) is 6.29. The molecule has 3 rings (SSSR count). The molecule has 3 aromatic rings. The van der Waals surface area contributed by atoms with Crippen molar-refractivity contribution < 1.29 is 9.53 Å². The lowest BCUT2D eigenvalue weighted by molar-refractivity contribution is -0.128. The molecule has 5 nitrogen and oxygen atoms in total. The molecular formula is C29H41N3O2. The fourth-order valence-electron chi connectivity index (χ4n) is 3.89. The van der Waals surface area contributed by atoms with E-state index in [1.807, 2.05) is 26.8 Å². The van der Waals surface area contributed by atoms with Crippen LogP contribution in [-0.4, -0.2) is 28.6 Å². The first-order valence-electron chi connectivity index (χ1n) is 12.5. The molecule has 0 bridgehead atoms. The highest BCUT2D eigenvalue weighted by Crippen LogP contribution is 2.24. The number of benzene rings is 2. The number of para-hydroxylation sites is 2. The lowest BCUT2D eigenvalue weighted by atomic mass is 9.87. The van der Waals surface area contributed by atoms with Gasteiger partial charge in [0, 0.05) is 24.9 Å². The van der Waals surface area contributed by atoms with Gasteiger partial charge < -0.3 is 14.6 Å². The van der Waals surface area contributed by atoms with Crippen molar-refractivity contribution in [1.29, 1.82) is 0 Å². The number of aromatic nitrogens is 2. The SMILES string of the molecule is CC(C)(C)C(=O)NCCCc1nc2ccccc2n1CCCCOc1ccc(C(C)(C)C)cc1. The minimum absolute atomic E-state index is 0.0917. The average molecular weight is 464 g/mol. The lowest BCUT2D eigenvalue weighted by Gasteiger charge is -2.19. The van der Waals surface area contributed by atoms with E-state index in [0.717, 1.165) is 49.3 Å². The second kappa shape index (κ2) is 11.1. The summed E-state index contributed by atoms with van der Waals surface area (Å²) in [4.78, 5) is 17.0. The number of carbonyl (C=O) groups is 1. The largest absolute Gasteiger partial charge is 0.494 e. The highest BCUT2D eigenvalue weighted by atomic mass is 16.5. The Bertz CT molecular complexity index is 1070. The maximum absolute atomic E-state index is 12.1. The van der Waals surface area contributed by atoms with Crippen LogP contribution in [-0.2, 0) is 23.2 Å².